The zero-order valence-electron chi connectivity index (χ0n) is 8.23. The van der Waals surface area contributed by atoms with Crippen molar-refractivity contribution in [2.75, 3.05) is 6.16 Å². The van der Waals surface area contributed by atoms with Crippen molar-refractivity contribution in [3.05, 3.63) is 11.1 Å². The second kappa shape index (κ2) is 5.29. The molecule has 3 N–H and O–H groups in total. The third-order valence-electron chi connectivity index (χ3n) is 1.90. The molecule has 0 aliphatic carbocycles. The number of rotatable bonds is 5. The molecular weight excluding hydrogens is 207 g/mol. The molecule has 0 aliphatic rings. The maximum Gasteiger partial charge on any atom is 0.331 e. The number of hydrogen-bond donors (Lipinski definition) is 3. The van der Waals surface area contributed by atoms with E-state index in [1.807, 2.05) is 0 Å². The van der Waals surface area contributed by atoms with Crippen LogP contribution in [0.3, 0.4) is 0 Å². The van der Waals surface area contributed by atoms with Gasteiger partial charge in [0.2, 0.25) is 0 Å². The van der Waals surface area contributed by atoms with E-state index in [0.29, 0.717) is 12.0 Å². The number of carboxylic acids is 1. The highest BCUT2D eigenvalue weighted by Crippen LogP contribution is 2.36. The maximum absolute atomic E-state index is 10.6. The number of carbonyl (C=O) groups is 1. The predicted molar refractivity (Wildman–Crippen MR) is 52.2 cm³/mol. The Kier molecular flexibility index (Phi) is 5.05. The van der Waals surface area contributed by atoms with Crippen LogP contribution in [0.1, 0.15) is 26.7 Å². The molecule has 0 amide bonds. The van der Waals surface area contributed by atoms with Gasteiger partial charge in [-0.2, -0.15) is 0 Å². The van der Waals surface area contributed by atoms with Crippen molar-refractivity contribution < 1.29 is 24.3 Å². The van der Waals surface area contributed by atoms with E-state index >= 15 is 0 Å². The highest BCUT2D eigenvalue weighted by Gasteiger charge is 2.15. The molecule has 0 rings (SSSR count). The molecule has 6 heteroatoms. The maximum atomic E-state index is 10.6. The van der Waals surface area contributed by atoms with Gasteiger partial charge in [-0.05, 0) is 19.8 Å². The smallest absolute Gasteiger partial charge is 0.331 e. The molecule has 0 fully saturated rings. The van der Waals surface area contributed by atoms with Crippen LogP contribution in [0.15, 0.2) is 11.1 Å². The SMILES string of the molecule is CCC(C(=O)O)=C(C)CCP(=O)(O)O. The van der Waals surface area contributed by atoms with Gasteiger partial charge >= 0.3 is 13.6 Å². The average molecular weight is 222 g/mol. The molecule has 14 heavy (non-hydrogen) atoms. The minimum Gasteiger partial charge on any atom is -0.478 e. The summed E-state index contributed by atoms with van der Waals surface area (Å²) >= 11 is 0. The standard InChI is InChI=1S/C8H15O5P/c1-3-7(8(9)10)6(2)4-5-14(11,12)13/h3-5H2,1-2H3,(H,9,10)(H2,11,12,13). The lowest BCUT2D eigenvalue weighted by Crippen LogP contribution is -2.03. The zero-order valence-corrected chi connectivity index (χ0v) is 9.12. The summed E-state index contributed by atoms with van der Waals surface area (Å²) in [6.45, 7) is 3.28. The van der Waals surface area contributed by atoms with Crippen LogP contribution in [0.2, 0.25) is 0 Å². The van der Waals surface area contributed by atoms with Crippen LogP contribution < -0.4 is 0 Å². The fraction of sp³-hybridized carbons (Fsp3) is 0.625. The molecule has 0 aromatic heterocycles. The number of allylic oxidation sites excluding steroid dienone is 1. The summed E-state index contributed by atoms with van der Waals surface area (Å²) in [7, 11) is -4.03. The number of hydrogen-bond acceptors (Lipinski definition) is 2. The van der Waals surface area contributed by atoms with E-state index in [2.05, 4.69) is 0 Å². The molecule has 0 heterocycles. The topological polar surface area (TPSA) is 94.8 Å². The van der Waals surface area contributed by atoms with E-state index in [-0.39, 0.29) is 18.2 Å². The molecule has 0 aromatic rings. The van der Waals surface area contributed by atoms with Crippen LogP contribution in [0.4, 0.5) is 0 Å². The van der Waals surface area contributed by atoms with Crippen molar-refractivity contribution in [3.8, 4) is 0 Å². The van der Waals surface area contributed by atoms with Crippen LogP contribution in [0.5, 0.6) is 0 Å². The lowest BCUT2D eigenvalue weighted by Gasteiger charge is -2.07. The van der Waals surface area contributed by atoms with Gasteiger partial charge in [0.1, 0.15) is 0 Å². The Bertz CT molecular complexity index is 288. The van der Waals surface area contributed by atoms with E-state index < -0.39 is 13.6 Å². The van der Waals surface area contributed by atoms with Crippen molar-refractivity contribution in [1.82, 2.24) is 0 Å². The summed E-state index contributed by atoms with van der Waals surface area (Å²) in [5.74, 6) is -1.02. The normalized spacial score (nSPS) is 13.7. The highest BCUT2D eigenvalue weighted by atomic mass is 31.2. The third kappa shape index (κ3) is 5.17. The number of aliphatic carboxylic acids is 1. The molecule has 0 unspecified atom stereocenters. The van der Waals surface area contributed by atoms with E-state index in [1.54, 1.807) is 13.8 Å². The van der Waals surface area contributed by atoms with Gasteiger partial charge in [-0.25, -0.2) is 4.79 Å². The lowest BCUT2D eigenvalue weighted by molar-refractivity contribution is -0.132. The van der Waals surface area contributed by atoms with E-state index in [4.69, 9.17) is 14.9 Å². The molecule has 0 atom stereocenters. The fourth-order valence-electron chi connectivity index (χ4n) is 1.10. The first kappa shape index (κ1) is 13.4. The first-order valence-electron chi connectivity index (χ1n) is 4.24. The van der Waals surface area contributed by atoms with Gasteiger partial charge in [0.25, 0.3) is 0 Å². The van der Waals surface area contributed by atoms with Crippen LogP contribution in [0, 0.1) is 0 Å². The summed E-state index contributed by atoms with van der Waals surface area (Å²) in [5.41, 5.74) is 0.766. The monoisotopic (exact) mass is 222 g/mol. The van der Waals surface area contributed by atoms with Crippen molar-refractivity contribution >= 4 is 13.6 Å². The third-order valence-corrected chi connectivity index (χ3v) is 2.71. The Labute approximate surface area is 82.6 Å². The molecule has 0 bridgehead atoms. The summed E-state index contributed by atoms with van der Waals surface area (Å²) in [6.07, 6.45) is 0.192. The van der Waals surface area contributed by atoms with Crippen molar-refractivity contribution in [1.29, 1.82) is 0 Å². The van der Waals surface area contributed by atoms with Gasteiger partial charge in [-0.3, -0.25) is 4.57 Å². The lowest BCUT2D eigenvalue weighted by atomic mass is 10.1. The minimum atomic E-state index is -4.03. The van der Waals surface area contributed by atoms with E-state index in [1.165, 1.54) is 0 Å². The zero-order chi connectivity index (χ0) is 11.4. The van der Waals surface area contributed by atoms with Crippen molar-refractivity contribution in [3.63, 3.8) is 0 Å². The van der Waals surface area contributed by atoms with Crippen LogP contribution >= 0.6 is 7.60 Å². The fourth-order valence-corrected chi connectivity index (χ4v) is 1.73. The molecule has 5 nitrogen and oxygen atoms in total. The van der Waals surface area contributed by atoms with E-state index in [9.17, 15) is 9.36 Å². The summed E-state index contributed by atoms with van der Waals surface area (Å²) in [5, 5.41) is 8.72. The highest BCUT2D eigenvalue weighted by molar-refractivity contribution is 7.51. The van der Waals surface area contributed by atoms with Crippen molar-refractivity contribution in [2.24, 2.45) is 0 Å². The molecular formula is C8H15O5P. The Morgan fingerprint density at radius 3 is 2.14 bits per heavy atom. The van der Waals surface area contributed by atoms with Gasteiger partial charge in [0.05, 0.1) is 6.16 Å². The average Bonchev–Trinajstić information content (AvgIpc) is 2.00. The van der Waals surface area contributed by atoms with Crippen LogP contribution in [0.25, 0.3) is 0 Å². The Balaban J connectivity index is 4.50. The second-order valence-corrected chi connectivity index (χ2v) is 4.83. The largest absolute Gasteiger partial charge is 0.478 e. The molecule has 82 valence electrons. The Morgan fingerprint density at radius 2 is 1.86 bits per heavy atom. The Morgan fingerprint density at radius 1 is 1.36 bits per heavy atom. The van der Waals surface area contributed by atoms with E-state index in [0.717, 1.165) is 0 Å². The molecule has 0 saturated heterocycles. The van der Waals surface area contributed by atoms with Crippen LogP contribution in [-0.2, 0) is 9.36 Å². The van der Waals surface area contributed by atoms with Crippen LogP contribution in [-0.4, -0.2) is 27.0 Å². The first-order valence-corrected chi connectivity index (χ1v) is 6.04. The molecule has 0 aromatic carbocycles. The molecule has 0 aliphatic heterocycles. The van der Waals surface area contributed by atoms with Gasteiger partial charge in [-0.1, -0.05) is 12.5 Å². The number of carboxylic acid groups (broad SMARTS) is 1. The quantitative estimate of drug-likeness (QED) is 0.482. The Hall–Kier alpha value is -0.640. The molecule has 0 radical (unpaired) electrons. The predicted octanol–water partition coefficient (Wildman–Crippen LogP) is 1.37. The van der Waals surface area contributed by atoms with Crippen molar-refractivity contribution in [2.45, 2.75) is 26.7 Å². The first-order chi connectivity index (χ1) is 6.28. The second-order valence-electron chi connectivity index (χ2n) is 3.06. The van der Waals surface area contributed by atoms with Gasteiger partial charge in [0.15, 0.2) is 0 Å². The molecule has 0 saturated carbocycles. The van der Waals surface area contributed by atoms with Gasteiger partial charge < -0.3 is 14.9 Å². The molecule has 0 spiro atoms. The summed E-state index contributed by atoms with van der Waals surface area (Å²) in [6, 6.07) is 0. The summed E-state index contributed by atoms with van der Waals surface area (Å²) in [4.78, 5) is 27.8. The minimum absolute atomic E-state index is 0.125. The van der Waals surface area contributed by atoms with Gasteiger partial charge in [0, 0.05) is 5.57 Å². The summed E-state index contributed by atoms with van der Waals surface area (Å²) < 4.78 is 10.5. The van der Waals surface area contributed by atoms with Gasteiger partial charge in [-0.15, -0.1) is 0 Å².